The Labute approximate surface area is 110 Å². The van der Waals surface area contributed by atoms with Crippen molar-refractivity contribution in [1.82, 2.24) is 9.78 Å². The Morgan fingerprint density at radius 2 is 2.05 bits per heavy atom. The van der Waals surface area contributed by atoms with Crippen molar-refractivity contribution in [2.75, 3.05) is 7.11 Å². The summed E-state index contributed by atoms with van der Waals surface area (Å²) in [5.41, 5.74) is 2.25. The average molecular weight is 249 g/mol. The van der Waals surface area contributed by atoms with E-state index in [0.29, 0.717) is 11.3 Å². The first-order chi connectivity index (χ1) is 9.33. The average Bonchev–Trinajstić information content (AvgIpc) is 2.90. The van der Waals surface area contributed by atoms with Gasteiger partial charge in [0.05, 0.1) is 30.1 Å². The van der Waals surface area contributed by atoms with Crippen LogP contribution in [0.3, 0.4) is 0 Å². The third-order valence-corrected chi connectivity index (χ3v) is 3.03. The maximum absolute atomic E-state index is 9.22. The fourth-order valence-corrected chi connectivity index (χ4v) is 2.07. The minimum absolute atomic E-state index is 0.564. The lowest BCUT2D eigenvalue weighted by Gasteiger charge is -2.08. The topological polar surface area (TPSA) is 50.8 Å². The molecular weight excluding hydrogens is 238 g/mol. The van der Waals surface area contributed by atoms with Crippen molar-refractivity contribution in [2.24, 2.45) is 0 Å². The molecule has 0 unspecified atom stereocenters. The number of nitriles is 1. The maximum Gasteiger partial charge on any atom is 0.121 e. The molecule has 2 aromatic carbocycles. The highest BCUT2D eigenvalue weighted by Crippen LogP contribution is 2.24. The van der Waals surface area contributed by atoms with Crippen LogP contribution in [-0.2, 0) is 0 Å². The second kappa shape index (κ2) is 4.46. The van der Waals surface area contributed by atoms with Crippen molar-refractivity contribution in [3.63, 3.8) is 0 Å². The quantitative estimate of drug-likeness (QED) is 0.701. The minimum Gasteiger partial charge on any atom is -0.497 e. The summed E-state index contributed by atoms with van der Waals surface area (Å²) >= 11 is 0. The lowest BCUT2D eigenvalue weighted by atomic mass is 10.2. The first-order valence-electron chi connectivity index (χ1n) is 5.85. The van der Waals surface area contributed by atoms with Crippen LogP contribution in [0.15, 0.2) is 48.7 Å². The summed E-state index contributed by atoms with van der Waals surface area (Å²) in [4.78, 5) is 0. The van der Waals surface area contributed by atoms with Gasteiger partial charge in [0.2, 0.25) is 0 Å². The van der Waals surface area contributed by atoms with Gasteiger partial charge in [-0.15, -0.1) is 0 Å². The van der Waals surface area contributed by atoms with E-state index in [1.807, 2.05) is 30.3 Å². The number of hydrogen-bond donors (Lipinski definition) is 0. The number of rotatable bonds is 2. The molecule has 0 fully saturated rings. The molecule has 0 aliphatic rings. The normalized spacial score (nSPS) is 10.3. The van der Waals surface area contributed by atoms with Gasteiger partial charge in [-0.05, 0) is 18.2 Å². The molecule has 0 aliphatic carbocycles. The number of ether oxygens (including phenoxy) is 1. The summed E-state index contributed by atoms with van der Waals surface area (Å²) < 4.78 is 6.97. The highest BCUT2D eigenvalue weighted by atomic mass is 16.5. The Kier molecular flexibility index (Phi) is 2.66. The van der Waals surface area contributed by atoms with Gasteiger partial charge in [-0.25, -0.2) is 4.68 Å². The number of aromatic nitrogens is 2. The Morgan fingerprint density at radius 3 is 2.84 bits per heavy atom. The highest BCUT2D eigenvalue weighted by molar-refractivity contribution is 5.80. The molecule has 0 amide bonds. The third-order valence-electron chi connectivity index (χ3n) is 3.03. The number of nitrogens with zero attached hydrogens (tertiary/aromatic N) is 3. The Hall–Kier alpha value is -2.80. The van der Waals surface area contributed by atoms with Crippen LogP contribution in [0.25, 0.3) is 16.6 Å². The predicted octanol–water partition coefficient (Wildman–Crippen LogP) is 2.91. The van der Waals surface area contributed by atoms with Crippen molar-refractivity contribution in [2.45, 2.75) is 0 Å². The molecule has 0 bridgehead atoms. The van der Waals surface area contributed by atoms with Crippen molar-refractivity contribution < 1.29 is 4.74 Å². The van der Waals surface area contributed by atoms with E-state index in [9.17, 15) is 5.26 Å². The van der Waals surface area contributed by atoms with Gasteiger partial charge >= 0.3 is 0 Å². The van der Waals surface area contributed by atoms with Crippen molar-refractivity contribution in [3.05, 3.63) is 54.2 Å². The van der Waals surface area contributed by atoms with E-state index in [2.05, 4.69) is 11.2 Å². The zero-order chi connectivity index (χ0) is 13.2. The number of benzene rings is 2. The van der Waals surface area contributed by atoms with Gasteiger partial charge in [0.15, 0.2) is 0 Å². The lowest BCUT2D eigenvalue weighted by Crippen LogP contribution is -2.00. The summed E-state index contributed by atoms with van der Waals surface area (Å²) in [5, 5.41) is 14.6. The van der Waals surface area contributed by atoms with Gasteiger partial charge in [0.25, 0.3) is 0 Å². The van der Waals surface area contributed by atoms with Gasteiger partial charge in [-0.2, -0.15) is 10.4 Å². The van der Waals surface area contributed by atoms with Crippen LogP contribution in [0.4, 0.5) is 0 Å². The highest BCUT2D eigenvalue weighted by Gasteiger charge is 2.10. The van der Waals surface area contributed by atoms with Crippen LogP contribution >= 0.6 is 0 Å². The number of hydrogen-bond acceptors (Lipinski definition) is 3. The monoisotopic (exact) mass is 249 g/mol. The molecule has 0 spiro atoms. The fraction of sp³-hybridized carbons (Fsp3) is 0.0667. The van der Waals surface area contributed by atoms with Crippen LogP contribution < -0.4 is 4.74 Å². The molecule has 4 heteroatoms. The van der Waals surface area contributed by atoms with Gasteiger partial charge in [-0.3, -0.25) is 0 Å². The van der Waals surface area contributed by atoms with Crippen LogP contribution in [0.5, 0.6) is 5.75 Å². The fourth-order valence-electron chi connectivity index (χ4n) is 2.07. The van der Waals surface area contributed by atoms with Crippen LogP contribution in [0, 0.1) is 11.3 Å². The number of fused-ring (bicyclic) bond motifs is 1. The molecule has 1 heterocycles. The molecule has 4 nitrogen and oxygen atoms in total. The summed E-state index contributed by atoms with van der Waals surface area (Å²) in [6.45, 7) is 0. The first kappa shape index (κ1) is 11.3. The Bertz CT molecular complexity index is 783. The minimum atomic E-state index is 0.564. The molecule has 1 aromatic heterocycles. The molecular formula is C15H11N3O. The Morgan fingerprint density at radius 1 is 1.21 bits per heavy atom. The molecule has 0 saturated carbocycles. The van der Waals surface area contributed by atoms with Crippen LogP contribution in [-0.4, -0.2) is 16.9 Å². The van der Waals surface area contributed by atoms with Gasteiger partial charge < -0.3 is 4.74 Å². The summed E-state index contributed by atoms with van der Waals surface area (Å²) in [6, 6.07) is 15.4. The van der Waals surface area contributed by atoms with Crippen molar-refractivity contribution in [3.8, 4) is 17.5 Å². The SMILES string of the molecule is COc1ccc(C#N)c(-n2ncc3ccccc32)c1. The Balaban J connectivity index is 2.29. The molecule has 3 aromatic rings. The van der Waals surface area contributed by atoms with E-state index in [-0.39, 0.29) is 0 Å². The van der Waals surface area contributed by atoms with Crippen molar-refractivity contribution in [1.29, 1.82) is 5.26 Å². The number of methoxy groups -OCH3 is 1. The number of para-hydroxylation sites is 1. The van der Waals surface area contributed by atoms with E-state index in [1.54, 1.807) is 30.1 Å². The van der Waals surface area contributed by atoms with E-state index in [1.165, 1.54) is 0 Å². The summed E-state index contributed by atoms with van der Waals surface area (Å²) in [6.07, 6.45) is 1.79. The van der Waals surface area contributed by atoms with Gasteiger partial charge in [0.1, 0.15) is 11.8 Å². The summed E-state index contributed by atoms with van der Waals surface area (Å²) in [7, 11) is 1.60. The van der Waals surface area contributed by atoms with E-state index in [0.717, 1.165) is 16.6 Å². The van der Waals surface area contributed by atoms with Gasteiger partial charge in [0, 0.05) is 11.5 Å². The molecule has 19 heavy (non-hydrogen) atoms. The molecule has 92 valence electrons. The molecule has 0 atom stereocenters. The molecule has 0 radical (unpaired) electrons. The largest absolute Gasteiger partial charge is 0.497 e. The van der Waals surface area contributed by atoms with Crippen LogP contribution in [0.1, 0.15) is 5.56 Å². The smallest absolute Gasteiger partial charge is 0.121 e. The second-order valence-corrected chi connectivity index (χ2v) is 4.11. The molecule has 0 N–H and O–H groups in total. The van der Waals surface area contributed by atoms with E-state index in [4.69, 9.17) is 4.74 Å². The molecule has 0 aliphatic heterocycles. The maximum atomic E-state index is 9.22. The molecule has 0 saturated heterocycles. The zero-order valence-electron chi connectivity index (χ0n) is 10.4. The zero-order valence-corrected chi connectivity index (χ0v) is 10.4. The van der Waals surface area contributed by atoms with E-state index < -0.39 is 0 Å². The standard InChI is InChI=1S/C15H11N3O/c1-19-13-7-6-11(9-16)15(8-13)18-14-5-3-2-4-12(14)10-17-18/h2-8,10H,1H3. The third kappa shape index (κ3) is 1.81. The van der Waals surface area contributed by atoms with Crippen LogP contribution in [0.2, 0.25) is 0 Å². The summed E-state index contributed by atoms with van der Waals surface area (Å²) in [5.74, 6) is 0.702. The second-order valence-electron chi connectivity index (χ2n) is 4.11. The first-order valence-corrected chi connectivity index (χ1v) is 5.85. The van der Waals surface area contributed by atoms with Gasteiger partial charge in [-0.1, -0.05) is 18.2 Å². The predicted molar refractivity (Wildman–Crippen MR) is 72.3 cm³/mol. The molecule has 3 rings (SSSR count). The van der Waals surface area contributed by atoms with E-state index >= 15 is 0 Å². The van der Waals surface area contributed by atoms with Crippen molar-refractivity contribution >= 4 is 10.9 Å². The lowest BCUT2D eigenvalue weighted by molar-refractivity contribution is 0.414.